The van der Waals surface area contributed by atoms with Crippen molar-refractivity contribution in [3.8, 4) is 0 Å². The third kappa shape index (κ3) is 3.65. The molecule has 0 saturated carbocycles. The zero-order valence-corrected chi connectivity index (χ0v) is 13.7. The van der Waals surface area contributed by atoms with Crippen molar-refractivity contribution < 1.29 is 0 Å². The topological polar surface area (TPSA) is 29.3 Å². The molecule has 0 aromatic heterocycles. The van der Waals surface area contributed by atoms with Crippen LogP contribution in [-0.2, 0) is 6.54 Å². The molecule has 0 radical (unpaired) electrons. The maximum Gasteiger partial charge on any atom is 0.0476 e. The normalized spacial score (nSPS) is 12.7. The molecule has 2 nitrogen and oxygen atoms in total. The number of halogens is 1. The number of nitrogens with zero attached hydrogens (tertiary/aromatic N) is 1. The Morgan fingerprint density at radius 2 is 1.67 bits per heavy atom. The summed E-state index contributed by atoms with van der Waals surface area (Å²) < 4.78 is 0. The average molecular weight is 303 g/mol. The Morgan fingerprint density at radius 3 is 2.24 bits per heavy atom. The Hall–Kier alpha value is -1.35. The minimum atomic E-state index is 0.197. The molecule has 2 rings (SSSR count). The molecule has 0 bridgehead atoms. The molecule has 0 fully saturated rings. The number of hydrogen-bond donors (Lipinski definition) is 1. The second-order valence-corrected chi connectivity index (χ2v) is 5.97. The highest BCUT2D eigenvalue weighted by Gasteiger charge is 2.19. The summed E-state index contributed by atoms with van der Waals surface area (Å²) in [7, 11) is 2.10. The summed E-state index contributed by atoms with van der Waals surface area (Å²) in [6, 6.07) is 14.6. The van der Waals surface area contributed by atoms with E-state index >= 15 is 0 Å². The smallest absolute Gasteiger partial charge is 0.0476 e. The number of rotatable bonds is 5. The van der Waals surface area contributed by atoms with Crippen LogP contribution >= 0.6 is 11.6 Å². The van der Waals surface area contributed by atoms with Crippen molar-refractivity contribution in [1.82, 2.24) is 4.90 Å². The van der Waals surface area contributed by atoms with Crippen molar-refractivity contribution in [1.29, 1.82) is 0 Å². The molecule has 1 unspecified atom stereocenters. The highest BCUT2D eigenvalue weighted by atomic mass is 35.5. The quantitative estimate of drug-likeness (QED) is 0.901. The first kappa shape index (κ1) is 16.0. The highest BCUT2D eigenvalue weighted by molar-refractivity contribution is 6.31. The second-order valence-electron chi connectivity index (χ2n) is 5.56. The maximum absolute atomic E-state index is 6.27. The molecule has 2 aromatic carbocycles. The van der Waals surface area contributed by atoms with Crippen LogP contribution < -0.4 is 5.73 Å². The number of likely N-dealkylation sites (N-methyl/N-ethyl adjacent to an activating group) is 1. The van der Waals surface area contributed by atoms with Gasteiger partial charge >= 0.3 is 0 Å². The third-order valence-corrected chi connectivity index (χ3v) is 4.38. The van der Waals surface area contributed by atoms with Gasteiger partial charge in [0.1, 0.15) is 0 Å². The van der Waals surface area contributed by atoms with Gasteiger partial charge in [0, 0.05) is 24.2 Å². The molecule has 0 aliphatic rings. The minimum Gasteiger partial charge on any atom is -0.329 e. The number of aryl methyl sites for hydroxylation is 2. The van der Waals surface area contributed by atoms with Crippen molar-refractivity contribution in [3.05, 3.63) is 69.7 Å². The van der Waals surface area contributed by atoms with Gasteiger partial charge in [-0.15, -0.1) is 0 Å². The lowest BCUT2D eigenvalue weighted by Crippen LogP contribution is -2.31. The summed E-state index contributed by atoms with van der Waals surface area (Å²) in [6.45, 7) is 5.67. The lowest BCUT2D eigenvalue weighted by atomic mass is 9.95. The van der Waals surface area contributed by atoms with Gasteiger partial charge in [-0.1, -0.05) is 48.0 Å². The first-order valence-corrected chi connectivity index (χ1v) is 7.62. The Labute approximate surface area is 132 Å². The van der Waals surface area contributed by atoms with Crippen LogP contribution in [0, 0.1) is 13.8 Å². The summed E-state index contributed by atoms with van der Waals surface area (Å²) in [5.74, 6) is 0. The van der Waals surface area contributed by atoms with E-state index in [-0.39, 0.29) is 6.04 Å². The molecule has 21 heavy (non-hydrogen) atoms. The van der Waals surface area contributed by atoms with Crippen molar-refractivity contribution >= 4 is 11.6 Å². The van der Waals surface area contributed by atoms with Crippen LogP contribution in [0.1, 0.15) is 28.3 Å². The number of hydrogen-bond acceptors (Lipinski definition) is 2. The molecular formula is C18H23ClN2. The summed E-state index contributed by atoms with van der Waals surface area (Å²) in [6.07, 6.45) is 0. The Kier molecular flexibility index (Phi) is 5.40. The second kappa shape index (κ2) is 7.08. The summed E-state index contributed by atoms with van der Waals surface area (Å²) in [5, 5.41) is 0.807. The third-order valence-electron chi connectivity index (χ3n) is 4.01. The molecule has 2 N–H and O–H groups in total. The molecule has 112 valence electrons. The van der Waals surface area contributed by atoms with Crippen LogP contribution in [0.15, 0.2) is 42.5 Å². The minimum absolute atomic E-state index is 0.197. The van der Waals surface area contributed by atoms with Gasteiger partial charge in [-0.2, -0.15) is 0 Å². The van der Waals surface area contributed by atoms with Crippen LogP contribution in [0.5, 0.6) is 0 Å². The van der Waals surface area contributed by atoms with Crippen LogP contribution in [0.2, 0.25) is 5.02 Å². The fraction of sp³-hybridized carbons (Fsp3) is 0.333. The van der Waals surface area contributed by atoms with Crippen molar-refractivity contribution in [2.24, 2.45) is 5.73 Å². The molecule has 0 spiro atoms. The fourth-order valence-corrected chi connectivity index (χ4v) is 3.07. The standard InChI is InChI=1S/C18H23ClN2/c1-13-7-6-8-14(2)18(13)17(11-20)21(3)12-15-9-4-5-10-16(15)19/h4-10,17H,11-12,20H2,1-3H3. The summed E-state index contributed by atoms with van der Waals surface area (Å²) in [4.78, 5) is 2.27. The van der Waals surface area contributed by atoms with Gasteiger partial charge in [0.25, 0.3) is 0 Å². The number of nitrogens with two attached hydrogens (primary N) is 1. The van der Waals surface area contributed by atoms with Gasteiger partial charge in [0.2, 0.25) is 0 Å². The Balaban J connectivity index is 2.27. The van der Waals surface area contributed by atoms with Crippen LogP contribution in [0.4, 0.5) is 0 Å². The molecule has 0 amide bonds. The Morgan fingerprint density at radius 1 is 1.05 bits per heavy atom. The number of benzene rings is 2. The highest BCUT2D eigenvalue weighted by Crippen LogP contribution is 2.27. The maximum atomic E-state index is 6.27. The lowest BCUT2D eigenvalue weighted by molar-refractivity contribution is 0.240. The van der Waals surface area contributed by atoms with E-state index < -0.39 is 0 Å². The molecule has 0 heterocycles. The predicted molar refractivity (Wildman–Crippen MR) is 90.6 cm³/mol. The van der Waals surface area contributed by atoms with E-state index in [1.807, 2.05) is 18.2 Å². The van der Waals surface area contributed by atoms with E-state index in [1.165, 1.54) is 16.7 Å². The van der Waals surface area contributed by atoms with Crippen LogP contribution in [0.3, 0.4) is 0 Å². The predicted octanol–water partition coefficient (Wildman–Crippen LogP) is 4.09. The van der Waals surface area contributed by atoms with E-state index in [0.29, 0.717) is 6.54 Å². The van der Waals surface area contributed by atoms with E-state index in [2.05, 4.69) is 50.1 Å². The van der Waals surface area contributed by atoms with E-state index in [4.69, 9.17) is 17.3 Å². The monoisotopic (exact) mass is 302 g/mol. The van der Waals surface area contributed by atoms with Gasteiger partial charge in [0.15, 0.2) is 0 Å². The van der Waals surface area contributed by atoms with Gasteiger partial charge < -0.3 is 5.73 Å². The fourth-order valence-electron chi connectivity index (χ4n) is 2.88. The van der Waals surface area contributed by atoms with Crippen molar-refractivity contribution in [2.45, 2.75) is 26.4 Å². The first-order valence-electron chi connectivity index (χ1n) is 7.24. The first-order chi connectivity index (χ1) is 10.0. The zero-order valence-electron chi connectivity index (χ0n) is 12.9. The average Bonchev–Trinajstić information content (AvgIpc) is 2.45. The lowest BCUT2D eigenvalue weighted by Gasteiger charge is -2.30. The van der Waals surface area contributed by atoms with Gasteiger partial charge in [-0.3, -0.25) is 4.90 Å². The van der Waals surface area contributed by atoms with E-state index in [0.717, 1.165) is 17.1 Å². The zero-order chi connectivity index (χ0) is 15.4. The largest absolute Gasteiger partial charge is 0.329 e. The van der Waals surface area contributed by atoms with Gasteiger partial charge in [0.05, 0.1) is 0 Å². The molecule has 0 aliphatic carbocycles. The van der Waals surface area contributed by atoms with Gasteiger partial charge in [-0.25, -0.2) is 0 Å². The Bertz CT molecular complexity index is 590. The van der Waals surface area contributed by atoms with Crippen LogP contribution in [-0.4, -0.2) is 18.5 Å². The van der Waals surface area contributed by atoms with E-state index in [9.17, 15) is 0 Å². The van der Waals surface area contributed by atoms with Gasteiger partial charge in [-0.05, 0) is 49.2 Å². The molecule has 0 aliphatic heterocycles. The molecule has 2 aromatic rings. The summed E-state index contributed by atoms with van der Waals surface area (Å²) >= 11 is 6.27. The van der Waals surface area contributed by atoms with E-state index in [1.54, 1.807) is 0 Å². The van der Waals surface area contributed by atoms with Crippen molar-refractivity contribution in [3.63, 3.8) is 0 Å². The molecule has 0 saturated heterocycles. The molecular weight excluding hydrogens is 280 g/mol. The molecule has 3 heteroatoms. The molecule has 1 atom stereocenters. The van der Waals surface area contributed by atoms with Crippen LogP contribution in [0.25, 0.3) is 0 Å². The SMILES string of the molecule is Cc1cccc(C)c1C(CN)N(C)Cc1ccccc1Cl. The van der Waals surface area contributed by atoms with Crippen molar-refractivity contribution in [2.75, 3.05) is 13.6 Å². The summed E-state index contributed by atoms with van der Waals surface area (Å²) in [5.41, 5.74) is 11.1.